The van der Waals surface area contributed by atoms with Crippen LogP contribution in [0.2, 0.25) is 0 Å². The van der Waals surface area contributed by atoms with E-state index in [1.807, 2.05) is 13.8 Å². The molecule has 5 nitrogen and oxygen atoms in total. The first-order valence-corrected chi connectivity index (χ1v) is 8.80. The molecule has 6 heteroatoms. The molecule has 0 aliphatic carbocycles. The van der Waals surface area contributed by atoms with Crippen LogP contribution in [0.3, 0.4) is 0 Å². The minimum absolute atomic E-state index is 0.175. The van der Waals surface area contributed by atoms with Gasteiger partial charge in [-0.25, -0.2) is 13.1 Å². The highest BCUT2D eigenvalue weighted by molar-refractivity contribution is 7.89. The van der Waals surface area contributed by atoms with Crippen LogP contribution in [0.5, 0.6) is 0 Å². The quantitative estimate of drug-likeness (QED) is 0.688. The van der Waals surface area contributed by atoms with Crippen LogP contribution in [0.25, 0.3) is 0 Å². The summed E-state index contributed by atoms with van der Waals surface area (Å²) >= 11 is 0. The van der Waals surface area contributed by atoms with Crippen molar-refractivity contribution in [1.82, 2.24) is 4.72 Å². The van der Waals surface area contributed by atoms with Crippen molar-refractivity contribution in [3.63, 3.8) is 0 Å². The maximum atomic E-state index is 12.3. The van der Waals surface area contributed by atoms with Crippen molar-refractivity contribution in [3.8, 4) is 0 Å². The van der Waals surface area contributed by atoms with Crippen molar-refractivity contribution in [2.45, 2.75) is 57.1 Å². The fourth-order valence-corrected chi connectivity index (χ4v) is 3.42. The zero-order valence-corrected chi connectivity index (χ0v) is 14.0. The van der Waals surface area contributed by atoms with Gasteiger partial charge in [0.05, 0.1) is 11.3 Å². The molecule has 1 rings (SSSR count). The highest BCUT2D eigenvalue weighted by atomic mass is 32.2. The lowest BCUT2D eigenvalue weighted by molar-refractivity contribution is 0.0456. The topological polar surface area (TPSA) is 78.4 Å². The monoisotopic (exact) mass is 314 g/mol. The van der Waals surface area contributed by atoms with Crippen molar-refractivity contribution in [2.24, 2.45) is 0 Å². The molecule has 0 aromatic heterocycles. The third-order valence-corrected chi connectivity index (χ3v) is 5.21. The summed E-state index contributed by atoms with van der Waals surface area (Å²) in [4.78, 5) is 0.202. The Kier molecular flexibility index (Phi) is 6.19. The second-order valence-corrected chi connectivity index (χ2v) is 7.24. The average molecular weight is 314 g/mol. The summed E-state index contributed by atoms with van der Waals surface area (Å²) in [5.74, 6) is 0. The number of hydrogen-bond acceptors (Lipinski definition) is 4. The van der Waals surface area contributed by atoms with Crippen LogP contribution < -0.4 is 10.0 Å². The van der Waals surface area contributed by atoms with E-state index in [4.69, 9.17) is 0 Å². The molecule has 0 saturated heterocycles. The Morgan fingerprint density at radius 1 is 1.19 bits per heavy atom. The number of benzene rings is 1. The largest absolute Gasteiger partial charge is 0.388 e. The van der Waals surface area contributed by atoms with E-state index in [1.165, 1.54) is 0 Å². The van der Waals surface area contributed by atoms with E-state index in [0.29, 0.717) is 25.1 Å². The Labute approximate surface area is 127 Å². The average Bonchev–Trinajstić information content (AvgIpc) is 2.43. The molecule has 0 spiro atoms. The second-order valence-electron chi connectivity index (χ2n) is 5.56. The molecule has 0 fully saturated rings. The van der Waals surface area contributed by atoms with E-state index < -0.39 is 15.6 Å². The first kappa shape index (κ1) is 17.9. The predicted molar refractivity (Wildman–Crippen MR) is 85.9 cm³/mol. The first-order chi connectivity index (χ1) is 9.74. The molecule has 0 unspecified atom stereocenters. The van der Waals surface area contributed by atoms with Gasteiger partial charge in [-0.05, 0) is 38.8 Å². The van der Waals surface area contributed by atoms with Gasteiger partial charge in [-0.1, -0.05) is 26.0 Å². The summed E-state index contributed by atoms with van der Waals surface area (Å²) in [7, 11) is -3.57. The molecule has 1 aromatic carbocycles. The number of nitrogens with one attached hydrogen (secondary N) is 2. The van der Waals surface area contributed by atoms with Gasteiger partial charge in [0.25, 0.3) is 0 Å². The Morgan fingerprint density at radius 2 is 1.76 bits per heavy atom. The van der Waals surface area contributed by atoms with E-state index in [-0.39, 0.29) is 10.9 Å². The van der Waals surface area contributed by atoms with Crippen LogP contribution in [-0.2, 0) is 10.0 Å². The molecule has 0 aliphatic rings. The third kappa shape index (κ3) is 4.98. The summed E-state index contributed by atoms with van der Waals surface area (Å²) in [5, 5.41) is 13.4. The summed E-state index contributed by atoms with van der Waals surface area (Å²) in [6.07, 6.45) is 1.21. The van der Waals surface area contributed by atoms with Crippen LogP contribution in [-0.4, -0.2) is 31.7 Å². The minimum atomic E-state index is -3.57. The normalized spacial score (nSPS) is 12.7. The van der Waals surface area contributed by atoms with Gasteiger partial charge in [-0.15, -0.1) is 0 Å². The Morgan fingerprint density at radius 3 is 2.29 bits per heavy atom. The van der Waals surface area contributed by atoms with Gasteiger partial charge in [0.15, 0.2) is 0 Å². The molecule has 120 valence electrons. The smallest absolute Gasteiger partial charge is 0.242 e. The van der Waals surface area contributed by atoms with Crippen LogP contribution in [0.4, 0.5) is 5.69 Å². The van der Waals surface area contributed by atoms with E-state index in [2.05, 4.69) is 10.0 Å². The number of anilines is 1. The van der Waals surface area contributed by atoms with Gasteiger partial charge in [0.2, 0.25) is 10.0 Å². The first-order valence-electron chi connectivity index (χ1n) is 7.31. The Balaban J connectivity index is 3.00. The van der Waals surface area contributed by atoms with Crippen molar-refractivity contribution in [2.75, 3.05) is 11.9 Å². The fourth-order valence-electron chi connectivity index (χ4n) is 1.98. The lowest BCUT2D eigenvalue weighted by atomic mass is 9.97. The van der Waals surface area contributed by atoms with Gasteiger partial charge in [-0.2, -0.15) is 0 Å². The molecule has 0 aliphatic heterocycles. The molecule has 0 amide bonds. The summed E-state index contributed by atoms with van der Waals surface area (Å²) in [5.41, 5.74) is -0.325. The molecular formula is C15H26N2O3S. The van der Waals surface area contributed by atoms with Crippen molar-refractivity contribution in [3.05, 3.63) is 24.3 Å². The SMILES string of the molecule is CCC(O)(CC)CNc1ccccc1S(=O)(=O)NC(C)C. The molecule has 21 heavy (non-hydrogen) atoms. The number of hydrogen-bond donors (Lipinski definition) is 3. The molecule has 3 N–H and O–H groups in total. The maximum absolute atomic E-state index is 12.3. The molecule has 0 saturated carbocycles. The summed E-state index contributed by atoms with van der Waals surface area (Å²) in [6.45, 7) is 7.69. The Bertz CT molecular complexity index is 552. The third-order valence-electron chi connectivity index (χ3n) is 3.49. The van der Waals surface area contributed by atoms with Gasteiger partial charge >= 0.3 is 0 Å². The van der Waals surface area contributed by atoms with Crippen molar-refractivity contribution < 1.29 is 13.5 Å². The Hall–Kier alpha value is -1.11. The molecule has 0 bridgehead atoms. The molecule has 0 atom stereocenters. The fraction of sp³-hybridized carbons (Fsp3) is 0.600. The van der Waals surface area contributed by atoms with Gasteiger partial charge < -0.3 is 10.4 Å². The highest BCUT2D eigenvalue weighted by Crippen LogP contribution is 2.23. The van der Waals surface area contributed by atoms with E-state index >= 15 is 0 Å². The number of sulfonamides is 1. The lowest BCUT2D eigenvalue weighted by Crippen LogP contribution is -2.36. The highest BCUT2D eigenvalue weighted by Gasteiger charge is 2.24. The van der Waals surface area contributed by atoms with Crippen LogP contribution in [0.1, 0.15) is 40.5 Å². The number of rotatable bonds is 8. The minimum Gasteiger partial charge on any atom is -0.388 e. The van der Waals surface area contributed by atoms with Gasteiger partial charge in [0.1, 0.15) is 4.90 Å². The molecule has 0 radical (unpaired) electrons. The van der Waals surface area contributed by atoms with Gasteiger partial charge in [0, 0.05) is 12.6 Å². The number of para-hydroxylation sites is 1. The van der Waals surface area contributed by atoms with Gasteiger partial charge in [-0.3, -0.25) is 0 Å². The summed E-state index contributed by atoms with van der Waals surface area (Å²) in [6, 6.07) is 6.55. The van der Waals surface area contributed by atoms with E-state index in [9.17, 15) is 13.5 Å². The summed E-state index contributed by atoms with van der Waals surface area (Å²) < 4.78 is 27.2. The zero-order valence-electron chi connectivity index (χ0n) is 13.2. The van der Waals surface area contributed by atoms with Crippen molar-refractivity contribution >= 4 is 15.7 Å². The predicted octanol–water partition coefficient (Wildman–Crippen LogP) is 2.34. The lowest BCUT2D eigenvalue weighted by Gasteiger charge is -2.26. The molecule has 0 heterocycles. The maximum Gasteiger partial charge on any atom is 0.242 e. The van der Waals surface area contributed by atoms with Crippen LogP contribution in [0, 0.1) is 0 Å². The molecular weight excluding hydrogens is 288 g/mol. The van der Waals surface area contributed by atoms with Crippen LogP contribution >= 0.6 is 0 Å². The standard InChI is InChI=1S/C15H26N2O3S/c1-5-15(18,6-2)11-16-13-9-7-8-10-14(13)21(19,20)17-12(3)4/h7-10,12,16-18H,5-6,11H2,1-4H3. The molecule has 1 aromatic rings. The van der Waals surface area contributed by atoms with E-state index in [0.717, 1.165) is 0 Å². The van der Waals surface area contributed by atoms with Crippen LogP contribution in [0.15, 0.2) is 29.2 Å². The second kappa shape index (κ2) is 7.24. The zero-order chi connectivity index (χ0) is 16.1. The van der Waals surface area contributed by atoms with E-state index in [1.54, 1.807) is 38.1 Å². The van der Waals surface area contributed by atoms with Crippen molar-refractivity contribution in [1.29, 1.82) is 0 Å². The number of aliphatic hydroxyl groups is 1.